The molecule has 1 heterocycles. The van der Waals surface area contributed by atoms with Crippen LogP contribution >= 0.6 is 0 Å². The van der Waals surface area contributed by atoms with Crippen molar-refractivity contribution in [3.8, 4) is 0 Å². The predicted octanol–water partition coefficient (Wildman–Crippen LogP) is 2.33. The minimum atomic E-state index is 0.374. The molecule has 14 heavy (non-hydrogen) atoms. The Bertz CT molecular complexity index is 288. The number of nitrogens with one attached hydrogen (secondary N) is 2. The van der Waals surface area contributed by atoms with Crippen LogP contribution in [0.5, 0.6) is 0 Å². The summed E-state index contributed by atoms with van der Waals surface area (Å²) in [6.45, 7) is 7.26. The average molecular weight is 193 g/mol. The van der Waals surface area contributed by atoms with E-state index in [1.165, 1.54) is 5.56 Å². The lowest BCUT2D eigenvalue weighted by molar-refractivity contribution is 0.579. The topological polar surface area (TPSA) is 40.7 Å². The van der Waals surface area contributed by atoms with Gasteiger partial charge >= 0.3 is 0 Å². The zero-order chi connectivity index (χ0) is 10.4. The first-order chi connectivity index (χ1) is 6.75. The fourth-order valence-electron chi connectivity index (χ4n) is 1.46. The van der Waals surface area contributed by atoms with Crippen LogP contribution in [0.25, 0.3) is 0 Å². The monoisotopic (exact) mass is 193 g/mol. The van der Waals surface area contributed by atoms with Crippen LogP contribution in [0.4, 0.5) is 0 Å². The summed E-state index contributed by atoms with van der Waals surface area (Å²) in [5.74, 6) is 0. The molecule has 3 heteroatoms. The van der Waals surface area contributed by atoms with Crippen LogP contribution in [0.15, 0.2) is 18.3 Å². The molecule has 1 aromatic rings. The molecule has 0 bridgehead atoms. The number of hydrogen-bond acceptors (Lipinski definition) is 2. The van der Waals surface area contributed by atoms with Gasteiger partial charge in [0.25, 0.3) is 0 Å². The van der Waals surface area contributed by atoms with Crippen molar-refractivity contribution >= 4 is 0 Å². The van der Waals surface area contributed by atoms with Gasteiger partial charge in [-0.25, -0.2) is 0 Å². The number of H-pyrrole nitrogens is 1. The van der Waals surface area contributed by atoms with Crippen molar-refractivity contribution in [3.05, 3.63) is 29.6 Å². The maximum absolute atomic E-state index is 4.01. The quantitative estimate of drug-likeness (QED) is 0.556. The Kier molecular flexibility index (Phi) is 4.40. The van der Waals surface area contributed by atoms with Crippen LogP contribution in [0.1, 0.15) is 37.6 Å². The van der Waals surface area contributed by atoms with Crippen molar-refractivity contribution in [3.63, 3.8) is 0 Å². The molecular formula is C11H19N3. The molecule has 0 aromatic carbocycles. The Labute approximate surface area is 85.6 Å². The van der Waals surface area contributed by atoms with E-state index in [2.05, 4.69) is 34.6 Å². The van der Waals surface area contributed by atoms with Crippen LogP contribution in [-0.4, -0.2) is 16.7 Å². The highest BCUT2D eigenvalue weighted by molar-refractivity contribution is 5.18. The lowest BCUT2D eigenvalue weighted by atomic mass is 10.1. The number of allylic oxidation sites excluding steroid dienone is 1. The van der Waals surface area contributed by atoms with E-state index >= 15 is 0 Å². The van der Waals surface area contributed by atoms with E-state index in [4.69, 9.17) is 0 Å². The zero-order valence-corrected chi connectivity index (χ0v) is 9.17. The van der Waals surface area contributed by atoms with E-state index in [-0.39, 0.29) is 0 Å². The first-order valence-electron chi connectivity index (χ1n) is 5.10. The molecule has 1 atom stereocenters. The maximum atomic E-state index is 4.01. The first-order valence-corrected chi connectivity index (χ1v) is 5.10. The maximum Gasteiger partial charge on any atom is 0.0537 e. The molecule has 0 saturated heterocycles. The van der Waals surface area contributed by atoms with Gasteiger partial charge in [-0.05, 0) is 33.7 Å². The summed E-state index contributed by atoms with van der Waals surface area (Å²) in [4.78, 5) is 0. The number of nitrogens with zero attached hydrogens (tertiary/aromatic N) is 1. The normalized spacial score (nSPS) is 13.6. The fourth-order valence-corrected chi connectivity index (χ4v) is 1.46. The number of aromatic nitrogens is 2. The molecule has 0 aliphatic heterocycles. The molecule has 1 rings (SSSR count). The fraction of sp³-hybridized carbons (Fsp3) is 0.545. The largest absolute Gasteiger partial charge is 0.310 e. The molecule has 0 aliphatic carbocycles. The molecule has 0 saturated carbocycles. The molecule has 0 aliphatic rings. The molecule has 1 unspecified atom stereocenters. The van der Waals surface area contributed by atoms with Gasteiger partial charge in [0.05, 0.1) is 6.20 Å². The van der Waals surface area contributed by atoms with E-state index in [0.29, 0.717) is 6.04 Å². The highest BCUT2D eigenvalue weighted by atomic mass is 15.1. The second-order valence-corrected chi connectivity index (χ2v) is 3.48. The van der Waals surface area contributed by atoms with Crippen molar-refractivity contribution < 1.29 is 0 Å². The Hall–Kier alpha value is -1.09. The van der Waals surface area contributed by atoms with Gasteiger partial charge in [-0.3, -0.25) is 5.10 Å². The van der Waals surface area contributed by atoms with Crippen LogP contribution in [0, 0.1) is 6.92 Å². The van der Waals surface area contributed by atoms with Gasteiger partial charge in [0.1, 0.15) is 0 Å². The number of aryl methyl sites for hydroxylation is 1. The lowest BCUT2D eigenvalue weighted by Crippen LogP contribution is -2.19. The first kappa shape index (κ1) is 11.0. The Balaban J connectivity index is 2.35. The third kappa shape index (κ3) is 3.00. The van der Waals surface area contributed by atoms with Crippen molar-refractivity contribution in [2.45, 2.75) is 33.2 Å². The van der Waals surface area contributed by atoms with Crippen LogP contribution in [0.2, 0.25) is 0 Å². The van der Waals surface area contributed by atoms with Gasteiger partial charge in [0.2, 0.25) is 0 Å². The molecule has 1 aromatic heterocycles. The highest BCUT2D eigenvalue weighted by Crippen LogP contribution is 2.13. The standard InChI is InChI=1S/C11H19N3/c1-4-5-6-7-12-9(2)11-8-13-14-10(11)3/h4-5,8-9,12H,6-7H2,1-3H3,(H,13,14)/b5-4+. The van der Waals surface area contributed by atoms with Gasteiger partial charge in [-0.15, -0.1) is 0 Å². The van der Waals surface area contributed by atoms with Gasteiger partial charge in [0.15, 0.2) is 0 Å². The highest BCUT2D eigenvalue weighted by Gasteiger charge is 2.07. The van der Waals surface area contributed by atoms with Crippen LogP contribution < -0.4 is 5.32 Å². The summed E-state index contributed by atoms with van der Waals surface area (Å²) in [6.07, 6.45) is 7.22. The smallest absolute Gasteiger partial charge is 0.0537 e. The molecule has 0 spiro atoms. The van der Waals surface area contributed by atoms with E-state index < -0.39 is 0 Å². The number of hydrogen-bond donors (Lipinski definition) is 2. The third-order valence-corrected chi connectivity index (χ3v) is 2.33. The Morgan fingerprint density at radius 1 is 1.64 bits per heavy atom. The van der Waals surface area contributed by atoms with Gasteiger partial charge in [0, 0.05) is 17.3 Å². The minimum absolute atomic E-state index is 0.374. The summed E-state index contributed by atoms with van der Waals surface area (Å²) in [6, 6.07) is 0.374. The second-order valence-electron chi connectivity index (χ2n) is 3.48. The lowest BCUT2D eigenvalue weighted by Gasteiger charge is -2.11. The Morgan fingerprint density at radius 2 is 2.43 bits per heavy atom. The third-order valence-electron chi connectivity index (χ3n) is 2.33. The van der Waals surface area contributed by atoms with Crippen LogP contribution in [0.3, 0.4) is 0 Å². The number of aromatic amines is 1. The summed E-state index contributed by atoms with van der Waals surface area (Å²) >= 11 is 0. The molecule has 2 N–H and O–H groups in total. The molecular weight excluding hydrogens is 174 g/mol. The number of rotatable bonds is 5. The van der Waals surface area contributed by atoms with Crippen molar-refractivity contribution in [1.29, 1.82) is 0 Å². The average Bonchev–Trinajstić information content (AvgIpc) is 2.59. The van der Waals surface area contributed by atoms with Crippen molar-refractivity contribution in [2.24, 2.45) is 0 Å². The predicted molar refractivity (Wildman–Crippen MR) is 59.2 cm³/mol. The van der Waals surface area contributed by atoms with Gasteiger partial charge in [-0.2, -0.15) is 5.10 Å². The van der Waals surface area contributed by atoms with Gasteiger partial charge < -0.3 is 5.32 Å². The van der Waals surface area contributed by atoms with Crippen molar-refractivity contribution in [2.75, 3.05) is 6.54 Å². The molecule has 0 fully saturated rings. The van der Waals surface area contributed by atoms with E-state index in [1.807, 2.05) is 20.0 Å². The Morgan fingerprint density at radius 3 is 3.00 bits per heavy atom. The molecule has 0 amide bonds. The molecule has 78 valence electrons. The van der Waals surface area contributed by atoms with E-state index in [9.17, 15) is 0 Å². The molecule has 3 nitrogen and oxygen atoms in total. The minimum Gasteiger partial charge on any atom is -0.310 e. The summed E-state index contributed by atoms with van der Waals surface area (Å²) in [5, 5.41) is 10.4. The summed E-state index contributed by atoms with van der Waals surface area (Å²) in [7, 11) is 0. The summed E-state index contributed by atoms with van der Waals surface area (Å²) in [5.41, 5.74) is 2.40. The van der Waals surface area contributed by atoms with E-state index in [0.717, 1.165) is 18.7 Å². The SMILES string of the molecule is C/C=C/CCNC(C)c1cn[nH]c1C. The van der Waals surface area contributed by atoms with Crippen LogP contribution in [-0.2, 0) is 0 Å². The molecule has 0 radical (unpaired) electrons. The van der Waals surface area contributed by atoms with Gasteiger partial charge in [-0.1, -0.05) is 12.2 Å². The van der Waals surface area contributed by atoms with E-state index in [1.54, 1.807) is 0 Å². The summed E-state index contributed by atoms with van der Waals surface area (Å²) < 4.78 is 0. The second kappa shape index (κ2) is 5.60. The van der Waals surface area contributed by atoms with Crippen molar-refractivity contribution in [1.82, 2.24) is 15.5 Å². The zero-order valence-electron chi connectivity index (χ0n) is 9.17.